The van der Waals surface area contributed by atoms with Crippen LogP contribution in [-0.4, -0.2) is 57.3 Å². The van der Waals surface area contributed by atoms with Gasteiger partial charge in [-0.05, 0) is 87.9 Å². The van der Waals surface area contributed by atoms with Crippen LogP contribution in [0.15, 0.2) is 72.8 Å². The van der Waals surface area contributed by atoms with Crippen LogP contribution in [0.1, 0.15) is 95.5 Å². The lowest BCUT2D eigenvalue weighted by Gasteiger charge is -2.37. The quantitative estimate of drug-likeness (QED) is 0.197. The zero-order chi connectivity index (χ0) is 33.7. The summed E-state index contributed by atoms with van der Waals surface area (Å²) in [7, 11) is 0. The SMILES string of the molecule is CCCCc1c(-c2ccc(C(=O)OC(C)(C)C)cc2C(=O)N2Cc3ccccc3C[C@H]2CN)c(C(=O)OCC)nn1-c1ccccc1. The van der Waals surface area contributed by atoms with Crippen LogP contribution in [0.4, 0.5) is 0 Å². The second kappa shape index (κ2) is 14.3. The molecule has 0 unspecified atom stereocenters. The minimum atomic E-state index is -0.734. The molecule has 1 aliphatic heterocycles. The van der Waals surface area contributed by atoms with Gasteiger partial charge in [0.15, 0.2) is 5.69 Å². The monoisotopic (exact) mass is 636 g/mol. The van der Waals surface area contributed by atoms with Gasteiger partial charge < -0.3 is 20.1 Å². The van der Waals surface area contributed by atoms with E-state index < -0.39 is 17.5 Å². The highest BCUT2D eigenvalue weighted by Gasteiger charge is 2.34. The molecule has 1 atom stereocenters. The van der Waals surface area contributed by atoms with Crippen LogP contribution >= 0.6 is 0 Å². The van der Waals surface area contributed by atoms with Gasteiger partial charge in [0.05, 0.1) is 23.6 Å². The number of hydrogen-bond donors (Lipinski definition) is 1. The third-order valence-electron chi connectivity index (χ3n) is 8.26. The number of ether oxygens (including phenoxy) is 2. The lowest BCUT2D eigenvalue weighted by Crippen LogP contribution is -2.48. The number of para-hydroxylation sites is 1. The van der Waals surface area contributed by atoms with Gasteiger partial charge in [0.2, 0.25) is 0 Å². The van der Waals surface area contributed by atoms with Crippen molar-refractivity contribution in [1.29, 1.82) is 0 Å². The topological polar surface area (TPSA) is 117 Å². The molecule has 246 valence electrons. The van der Waals surface area contributed by atoms with E-state index in [1.165, 1.54) is 0 Å². The largest absolute Gasteiger partial charge is 0.461 e. The van der Waals surface area contributed by atoms with Crippen molar-refractivity contribution in [2.75, 3.05) is 13.2 Å². The summed E-state index contributed by atoms with van der Waals surface area (Å²) in [5.74, 6) is -1.43. The molecule has 3 aromatic carbocycles. The molecule has 0 saturated heterocycles. The van der Waals surface area contributed by atoms with E-state index in [4.69, 9.17) is 20.3 Å². The fourth-order valence-corrected chi connectivity index (χ4v) is 6.03. The van der Waals surface area contributed by atoms with E-state index in [1.54, 1.807) is 55.5 Å². The van der Waals surface area contributed by atoms with Gasteiger partial charge in [0.1, 0.15) is 5.60 Å². The van der Waals surface area contributed by atoms with Crippen molar-refractivity contribution >= 4 is 17.8 Å². The third-order valence-corrected chi connectivity index (χ3v) is 8.26. The third kappa shape index (κ3) is 7.30. The van der Waals surface area contributed by atoms with Crippen molar-refractivity contribution in [3.05, 3.63) is 106 Å². The highest BCUT2D eigenvalue weighted by atomic mass is 16.6. The van der Waals surface area contributed by atoms with Gasteiger partial charge in [-0.3, -0.25) is 4.79 Å². The molecule has 2 N–H and O–H groups in total. The Morgan fingerprint density at radius 2 is 1.64 bits per heavy atom. The Morgan fingerprint density at radius 1 is 0.936 bits per heavy atom. The average molecular weight is 637 g/mol. The van der Waals surface area contributed by atoms with Crippen molar-refractivity contribution in [2.45, 2.75) is 78.5 Å². The van der Waals surface area contributed by atoms with E-state index in [1.807, 2.05) is 48.5 Å². The number of rotatable bonds is 10. The molecule has 4 aromatic rings. The molecule has 0 aliphatic carbocycles. The van der Waals surface area contributed by atoms with Crippen LogP contribution in [-0.2, 0) is 28.9 Å². The smallest absolute Gasteiger partial charge is 0.359 e. The second-order valence-electron chi connectivity index (χ2n) is 12.8. The molecular weight excluding hydrogens is 592 g/mol. The Balaban J connectivity index is 1.76. The van der Waals surface area contributed by atoms with Crippen LogP contribution in [0.2, 0.25) is 0 Å². The summed E-state index contributed by atoms with van der Waals surface area (Å²) in [6.07, 6.45) is 2.94. The van der Waals surface area contributed by atoms with Crippen LogP contribution in [0.25, 0.3) is 16.8 Å². The molecule has 0 saturated carbocycles. The number of amides is 1. The Kier molecular flexibility index (Phi) is 10.3. The predicted molar refractivity (Wildman–Crippen MR) is 182 cm³/mol. The summed E-state index contributed by atoms with van der Waals surface area (Å²) >= 11 is 0. The maximum atomic E-state index is 14.8. The zero-order valence-corrected chi connectivity index (χ0v) is 27.9. The number of aromatic nitrogens is 2. The van der Waals surface area contributed by atoms with Gasteiger partial charge >= 0.3 is 11.9 Å². The number of fused-ring (bicyclic) bond motifs is 1. The van der Waals surface area contributed by atoms with E-state index in [0.29, 0.717) is 30.5 Å². The van der Waals surface area contributed by atoms with E-state index in [9.17, 15) is 14.4 Å². The van der Waals surface area contributed by atoms with Gasteiger partial charge in [0, 0.05) is 30.3 Å². The van der Waals surface area contributed by atoms with Gasteiger partial charge in [-0.1, -0.05) is 61.9 Å². The fourth-order valence-electron chi connectivity index (χ4n) is 6.03. The van der Waals surface area contributed by atoms with E-state index in [-0.39, 0.29) is 41.9 Å². The molecule has 0 fully saturated rings. The molecule has 0 radical (unpaired) electrons. The van der Waals surface area contributed by atoms with Crippen molar-refractivity contribution in [2.24, 2.45) is 5.73 Å². The number of carbonyl (C=O) groups excluding carboxylic acids is 3. The predicted octanol–water partition coefficient (Wildman–Crippen LogP) is 6.54. The Labute approximate surface area is 276 Å². The maximum Gasteiger partial charge on any atom is 0.359 e. The van der Waals surface area contributed by atoms with E-state index >= 15 is 0 Å². The number of esters is 2. The summed E-state index contributed by atoms with van der Waals surface area (Å²) in [5, 5.41) is 4.81. The van der Waals surface area contributed by atoms with Gasteiger partial charge in [-0.15, -0.1) is 0 Å². The average Bonchev–Trinajstić information content (AvgIpc) is 3.45. The Hall–Kier alpha value is -4.76. The van der Waals surface area contributed by atoms with Crippen LogP contribution in [0, 0.1) is 0 Å². The van der Waals surface area contributed by atoms with Crippen molar-refractivity contribution < 1.29 is 23.9 Å². The summed E-state index contributed by atoms with van der Waals surface area (Å²) in [4.78, 5) is 43.5. The lowest BCUT2D eigenvalue weighted by molar-refractivity contribution is 0.00692. The first-order chi connectivity index (χ1) is 22.6. The minimum absolute atomic E-state index is 0.111. The molecule has 1 amide bonds. The molecule has 9 nitrogen and oxygen atoms in total. The first kappa shape index (κ1) is 33.6. The van der Waals surface area contributed by atoms with Crippen molar-refractivity contribution in [1.82, 2.24) is 14.7 Å². The molecule has 1 aliphatic rings. The summed E-state index contributed by atoms with van der Waals surface area (Å²) < 4.78 is 13.0. The Bertz CT molecular complexity index is 1760. The van der Waals surface area contributed by atoms with Crippen LogP contribution < -0.4 is 5.73 Å². The summed E-state index contributed by atoms with van der Waals surface area (Å²) in [5.41, 5.74) is 10.9. The lowest BCUT2D eigenvalue weighted by atomic mass is 9.90. The molecule has 0 bridgehead atoms. The molecular formula is C38H44N4O5. The molecule has 5 rings (SSSR count). The maximum absolute atomic E-state index is 14.8. The standard InChI is InChI=1S/C38H44N4O5/c1-6-8-18-32-33(34(37(45)46-7-2)40-42(32)28-16-10-9-11-17-28)30-20-19-26(36(44)47-38(3,4)5)22-31(30)35(43)41-24-27-15-13-12-14-25(27)21-29(41)23-39/h9-17,19-20,22,29H,6-8,18,21,23-24,39H2,1-5H3/t29-/m0/s1. The zero-order valence-electron chi connectivity index (χ0n) is 27.9. The van der Waals surface area contributed by atoms with Crippen molar-refractivity contribution in [3.63, 3.8) is 0 Å². The number of carbonyl (C=O) groups is 3. The molecule has 47 heavy (non-hydrogen) atoms. The van der Waals surface area contributed by atoms with Crippen LogP contribution in [0.5, 0.6) is 0 Å². The number of benzene rings is 3. The van der Waals surface area contributed by atoms with Gasteiger partial charge in [-0.2, -0.15) is 5.10 Å². The minimum Gasteiger partial charge on any atom is -0.461 e. The molecule has 0 spiro atoms. The van der Waals surface area contributed by atoms with E-state index in [0.717, 1.165) is 35.3 Å². The fraction of sp³-hybridized carbons (Fsp3) is 0.368. The molecule has 2 heterocycles. The number of hydrogen-bond acceptors (Lipinski definition) is 7. The highest BCUT2D eigenvalue weighted by Crippen LogP contribution is 2.36. The Morgan fingerprint density at radius 3 is 2.30 bits per heavy atom. The number of nitrogens with zero attached hydrogens (tertiary/aromatic N) is 3. The number of unbranched alkanes of at least 4 members (excludes halogenated alkanes) is 1. The molecule has 1 aromatic heterocycles. The first-order valence-corrected chi connectivity index (χ1v) is 16.4. The van der Waals surface area contributed by atoms with Crippen LogP contribution in [0.3, 0.4) is 0 Å². The second-order valence-corrected chi connectivity index (χ2v) is 12.8. The normalized spacial score (nSPS) is 14.4. The molecule has 9 heteroatoms. The van der Waals surface area contributed by atoms with Gasteiger partial charge in [-0.25, -0.2) is 14.3 Å². The van der Waals surface area contributed by atoms with Gasteiger partial charge in [0.25, 0.3) is 5.91 Å². The first-order valence-electron chi connectivity index (χ1n) is 16.4. The summed E-state index contributed by atoms with van der Waals surface area (Å²) in [6.45, 7) is 10.0. The summed E-state index contributed by atoms with van der Waals surface area (Å²) in [6, 6.07) is 22.3. The highest BCUT2D eigenvalue weighted by molar-refractivity contribution is 6.07. The van der Waals surface area contributed by atoms with E-state index in [2.05, 4.69) is 13.0 Å². The number of nitrogens with two attached hydrogens (primary N) is 1. The van der Waals surface area contributed by atoms with Crippen molar-refractivity contribution in [3.8, 4) is 16.8 Å².